The van der Waals surface area contributed by atoms with E-state index in [1.807, 2.05) is 30.5 Å². The van der Waals surface area contributed by atoms with Crippen molar-refractivity contribution >= 4 is 17.6 Å². The third-order valence-electron chi connectivity index (χ3n) is 2.69. The second kappa shape index (κ2) is 6.51. The molecule has 0 saturated carbocycles. The topological polar surface area (TPSA) is 84.2 Å². The van der Waals surface area contributed by atoms with Crippen LogP contribution in [-0.2, 0) is 9.59 Å². The summed E-state index contributed by atoms with van der Waals surface area (Å²) in [5.74, 6) is -1.08. The molecule has 0 radical (unpaired) electrons. The lowest BCUT2D eigenvalue weighted by Gasteiger charge is -2.07. The first-order chi connectivity index (χ1) is 9.65. The molecule has 2 N–H and O–H groups in total. The van der Waals surface area contributed by atoms with E-state index in [2.05, 4.69) is 10.4 Å². The number of nitrogens with zero attached hydrogens (tertiary/aromatic N) is 2. The average Bonchev–Trinajstić information content (AvgIpc) is 2.92. The van der Waals surface area contributed by atoms with Crippen LogP contribution in [0.1, 0.15) is 19.3 Å². The van der Waals surface area contributed by atoms with E-state index in [1.165, 1.54) is 0 Å². The Balaban J connectivity index is 1.94. The summed E-state index contributed by atoms with van der Waals surface area (Å²) in [5, 5.41) is 15.4. The van der Waals surface area contributed by atoms with Crippen LogP contribution in [0.5, 0.6) is 0 Å². The number of carboxylic acids is 1. The van der Waals surface area contributed by atoms with Crippen LogP contribution in [-0.4, -0.2) is 26.8 Å². The summed E-state index contributed by atoms with van der Waals surface area (Å²) in [5.41, 5.74) is 1.51. The molecule has 104 valence electrons. The van der Waals surface area contributed by atoms with Crippen LogP contribution in [0.3, 0.4) is 0 Å². The molecule has 0 unspecified atom stereocenters. The van der Waals surface area contributed by atoms with E-state index >= 15 is 0 Å². The number of aromatic nitrogens is 2. The minimum Gasteiger partial charge on any atom is -0.481 e. The monoisotopic (exact) mass is 273 g/mol. The van der Waals surface area contributed by atoms with Crippen molar-refractivity contribution in [2.75, 3.05) is 5.32 Å². The lowest BCUT2D eigenvalue weighted by molar-refractivity contribution is -0.137. The van der Waals surface area contributed by atoms with Crippen LogP contribution >= 0.6 is 0 Å². The van der Waals surface area contributed by atoms with E-state index < -0.39 is 5.97 Å². The zero-order chi connectivity index (χ0) is 14.4. The summed E-state index contributed by atoms with van der Waals surface area (Å²) >= 11 is 0. The molecule has 0 aliphatic heterocycles. The molecule has 0 bridgehead atoms. The quantitative estimate of drug-likeness (QED) is 0.843. The first-order valence-electron chi connectivity index (χ1n) is 6.27. The maximum Gasteiger partial charge on any atom is 0.303 e. The van der Waals surface area contributed by atoms with E-state index in [1.54, 1.807) is 16.9 Å². The fraction of sp³-hybridized carbons (Fsp3) is 0.214. The van der Waals surface area contributed by atoms with Crippen molar-refractivity contribution in [3.8, 4) is 5.69 Å². The molecule has 6 nitrogen and oxygen atoms in total. The van der Waals surface area contributed by atoms with Crippen molar-refractivity contribution in [2.45, 2.75) is 19.3 Å². The van der Waals surface area contributed by atoms with Crippen LogP contribution in [0.4, 0.5) is 5.69 Å². The normalized spacial score (nSPS) is 10.2. The number of hydrogen-bond donors (Lipinski definition) is 2. The summed E-state index contributed by atoms with van der Waals surface area (Å²) in [6.45, 7) is 0. The average molecular weight is 273 g/mol. The van der Waals surface area contributed by atoms with E-state index in [0.29, 0.717) is 12.1 Å². The maximum absolute atomic E-state index is 11.7. The molecule has 1 heterocycles. The number of carbonyl (C=O) groups excluding carboxylic acids is 1. The SMILES string of the molecule is O=C(O)CCCC(=O)Nc1cccc(-n2cccn2)c1. The molecule has 2 rings (SSSR count). The molecule has 0 fully saturated rings. The van der Waals surface area contributed by atoms with Crippen LogP contribution in [0.25, 0.3) is 5.69 Å². The van der Waals surface area contributed by atoms with Crippen molar-refractivity contribution < 1.29 is 14.7 Å². The molecule has 0 aliphatic rings. The number of amides is 1. The minimum atomic E-state index is -0.890. The largest absolute Gasteiger partial charge is 0.481 e. The van der Waals surface area contributed by atoms with E-state index in [4.69, 9.17) is 5.11 Å². The predicted molar refractivity (Wildman–Crippen MR) is 73.7 cm³/mol. The molecule has 1 aromatic heterocycles. The number of nitrogens with one attached hydrogen (secondary N) is 1. The van der Waals surface area contributed by atoms with Gasteiger partial charge in [-0.3, -0.25) is 9.59 Å². The van der Waals surface area contributed by atoms with Gasteiger partial charge in [0.2, 0.25) is 5.91 Å². The minimum absolute atomic E-state index is 0.000741. The third-order valence-corrected chi connectivity index (χ3v) is 2.69. The highest BCUT2D eigenvalue weighted by molar-refractivity contribution is 5.91. The maximum atomic E-state index is 11.7. The van der Waals surface area contributed by atoms with Gasteiger partial charge >= 0.3 is 5.97 Å². The number of hydrogen-bond acceptors (Lipinski definition) is 3. The Labute approximate surface area is 116 Å². The highest BCUT2D eigenvalue weighted by Gasteiger charge is 2.05. The zero-order valence-electron chi connectivity index (χ0n) is 10.8. The first kappa shape index (κ1) is 13.8. The summed E-state index contributed by atoms with van der Waals surface area (Å²) in [7, 11) is 0. The van der Waals surface area contributed by atoms with Gasteiger partial charge < -0.3 is 10.4 Å². The highest BCUT2D eigenvalue weighted by Crippen LogP contribution is 2.14. The highest BCUT2D eigenvalue weighted by atomic mass is 16.4. The molecule has 1 amide bonds. The lowest BCUT2D eigenvalue weighted by Crippen LogP contribution is -2.12. The number of carboxylic acid groups (broad SMARTS) is 1. The smallest absolute Gasteiger partial charge is 0.303 e. The van der Waals surface area contributed by atoms with Gasteiger partial charge in [-0.1, -0.05) is 6.07 Å². The molecule has 0 spiro atoms. The van der Waals surface area contributed by atoms with Crippen molar-refractivity contribution in [2.24, 2.45) is 0 Å². The van der Waals surface area contributed by atoms with E-state index in [-0.39, 0.29) is 18.7 Å². The Morgan fingerprint density at radius 1 is 1.25 bits per heavy atom. The lowest BCUT2D eigenvalue weighted by atomic mass is 10.2. The fourth-order valence-corrected chi connectivity index (χ4v) is 1.77. The second-order valence-electron chi connectivity index (χ2n) is 4.30. The third kappa shape index (κ3) is 3.94. The Morgan fingerprint density at radius 2 is 2.10 bits per heavy atom. The predicted octanol–water partition coefficient (Wildman–Crippen LogP) is 2.07. The van der Waals surface area contributed by atoms with Gasteiger partial charge in [0.25, 0.3) is 0 Å². The number of benzene rings is 1. The Kier molecular flexibility index (Phi) is 4.49. The first-order valence-corrected chi connectivity index (χ1v) is 6.27. The van der Waals surface area contributed by atoms with Crippen molar-refractivity contribution in [1.82, 2.24) is 9.78 Å². The van der Waals surface area contributed by atoms with Gasteiger partial charge in [0.05, 0.1) is 5.69 Å². The fourth-order valence-electron chi connectivity index (χ4n) is 1.77. The number of rotatable bonds is 6. The molecular weight excluding hydrogens is 258 g/mol. The Bertz CT molecular complexity index is 593. The molecule has 2 aromatic rings. The molecule has 1 aromatic carbocycles. The number of aliphatic carboxylic acids is 1. The van der Waals surface area contributed by atoms with Gasteiger partial charge in [0.1, 0.15) is 0 Å². The van der Waals surface area contributed by atoms with E-state index in [9.17, 15) is 9.59 Å². The van der Waals surface area contributed by atoms with Crippen molar-refractivity contribution in [1.29, 1.82) is 0 Å². The Morgan fingerprint density at radius 3 is 2.80 bits per heavy atom. The molecule has 0 saturated heterocycles. The van der Waals surface area contributed by atoms with Crippen LogP contribution in [0.15, 0.2) is 42.7 Å². The standard InChI is InChI=1S/C14H15N3O3/c18-13(6-2-7-14(19)20)16-11-4-1-5-12(10-11)17-9-3-8-15-17/h1,3-5,8-10H,2,6-7H2,(H,16,18)(H,19,20). The summed E-state index contributed by atoms with van der Waals surface area (Å²) in [4.78, 5) is 22.0. The molecule has 0 aliphatic carbocycles. The van der Waals surface area contributed by atoms with Gasteiger partial charge in [0.15, 0.2) is 0 Å². The summed E-state index contributed by atoms with van der Waals surface area (Å²) < 4.78 is 1.69. The van der Waals surface area contributed by atoms with Crippen LogP contribution in [0, 0.1) is 0 Å². The molecular formula is C14H15N3O3. The zero-order valence-corrected chi connectivity index (χ0v) is 10.8. The van der Waals surface area contributed by atoms with Gasteiger partial charge in [0, 0.05) is 30.9 Å². The van der Waals surface area contributed by atoms with Crippen molar-refractivity contribution in [3.05, 3.63) is 42.7 Å². The van der Waals surface area contributed by atoms with E-state index in [0.717, 1.165) is 5.69 Å². The number of anilines is 1. The van der Waals surface area contributed by atoms with Gasteiger partial charge in [-0.15, -0.1) is 0 Å². The van der Waals surface area contributed by atoms with Crippen LogP contribution < -0.4 is 5.32 Å². The molecule has 0 atom stereocenters. The van der Waals surface area contributed by atoms with Gasteiger partial charge in [-0.25, -0.2) is 4.68 Å². The van der Waals surface area contributed by atoms with Gasteiger partial charge in [-0.2, -0.15) is 5.10 Å². The Hall–Kier alpha value is -2.63. The van der Waals surface area contributed by atoms with Crippen LogP contribution in [0.2, 0.25) is 0 Å². The number of carbonyl (C=O) groups is 2. The van der Waals surface area contributed by atoms with Crippen molar-refractivity contribution in [3.63, 3.8) is 0 Å². The van der Waals surface area contributed by atoms with Gasteiger partial charge in [-0.05, 0) is 30.7 Å². The summed E-state index contributed by atoms with van der Waals surface area (Å²) in [6, 6.07) is 9.11. The second-order valence-corrected chi connectivity index (χ2v) is 4.30. The molecule has 20 heavy (non-hydrogen) atoms. The summed E-state index contributed by atoms with van der Waals surface area (Å²) in [6.07, 6.45) is 4.02. The molecule has 6 heteroatoms.